The van der Waals surface area contributed by atoms with Gasteiger partial charge in [0.2, 0.25) is 0 Å². The Morgan fingerprint density at radius 1 is 1.10 bits per heavy atom. The molecule has 2 amide bonds. The number of thioether (sulfide) groups is 1. The van der Waals surface area contributed by atoms with Gasteiger partial charge < -0.3 is 9.15 Å². The third-order valence-electron chi connectivity index (χ3n) is 4.63. The molecule has 0 aliphatic carbocycles. The fourth-order valence-electron chi connectivity index (χ4n) is 3.24. The van der Waals surface area contributed by atoms with Gasteiger partial charge in [-0.2, -0.15) is 0 Å². The van der Waals surface area contributed by atoms with Crippen LogP contribution in [0.1, 0.15) is 23.1 Å². The lowest BCUT2D eigenvalue weighted by atomic mass is 10.0. The van der Waals surface area contributed by atoms with Crippen molar-refractivity contribution >= 4 is 45.7 Å². The number of benzene rings is 2. The molecule has 1 aliphatic heterocycles. The second kappa shape index (κ2) is 7.60. The maximum atomic E-state index is 13.0. The first-order valence-corrected chi connectivity index (χ1v) is 9.69. The number of rotatable bonds is 4. The fourth-order valence-corrected chi connectivity index (χ4v) is 4.08. The number of amides is 2. The van der Waals surface area contributed by atoms with Crippen LogP contribution in [0.4, 0.5) is 4.79 Å². The molecule has 1 unspecified atom stereocenters. The van der Waals surface area contributed by atoms with Gasteiger partial charge in [0.05, 0.1) is 12.0 Å². The van der Waals surface area contributed by atoms with Crippen LogP contribution in [-0.4, -0.2) is 29.1 Å². The molecule has 1 atom stereocenters. The topological polar surface area (TPSA) is 76.8 Å². The second-order valence-electron chi connectivity index (χ2n) is 6.53. The Bertz CT molecular complexity index is 1160. The Morgan fingerprint density at radius 3 is 2.55 bits per heavy atom. The van der Waals surface area contributed by atoms with Crippen molar-refractivity contribution < 1.29 is 23.5 Å². The Hall–Kier alpha value is -3.32. The number of methoxy groups -OCH3 is 1. The summed E-state index contributed by atoms with van der Waals surface area (Å²) in [6.07, 6.45) is 1.51. The van der Waals surface area contributed by atoms with E-state index in [2.05, 4.69) is 0 Å². The van der Waals surface area contributed by atoms with Crippen molar-refractivity contribution in [3.63, 3.8) is 0 Å². The van der Waals surface area contributed by atoms with E-state index in [0.29, 0.717) is 17.1 Å². The average molecular weight is 407 g/mol. The van der Waals surface area contributed by atoms with Crippen molar-refractivity contribution in [2.24, 2.45) is 0 Å². The second-order valence-corrected chi connectivity index (χ2v) is 7.53. The van der Waals surface area contributed by atoms with Gasteiger partial charge in [-0.15, -0.1) is 0 Å². The van der Waals surface area contributed by atoms with Crippen LogP contribution < -0.4 is 0 Å². The number of ether oxygens (including phenoxy) is 1. The third kappa shape index (κ3) is 3.56. The SMILES string of the molecule is COC(=O)C(c1ccc2ccccc2c1)N1C(=O)S/C(=C\c2ccc(C)o2)C1=O. The predicted octanol–water partition coefficient (Wildman–Crippen LogP) is 4.69. The molecule has 0 spiro atoms. The van der Waals surface area contributed by atoms with E-state index in [1.54, 1.807) is 31.2 Å². The van der Waals surface area contributed by atoms with Gasteiger partial charge in [-0.3, -0.25) is 9.59 Å². The molecule has 146 valence electrons. The number of hydrogen-bond donors (Lipinski definition) is 0. The highest BCUT2D eigenvalue weighted by Gasteiger charge is 2.44. The summed E-state index contributed by atoms with van der Waals surface area (Å²) in [6.45, 7) is 1.79. The number of nitrogens with zero attached hydrogens (tertiary/aromatic N) is 1. The van der Waals surface area contributed by atoms with E-state index in [0.717, 1.165) is 27.4 Å². The summed E-state index contributed by atoms with van der Waals surface area (Å²) >= 11 is 0.771. The van der Waals surface area contributed by atoms with E-state index in [4.69, 9.17) is 9.15 Å². The Balaban J connectivity index is 1.74. The molecule has 2 aromatic carbocycles. The zero-order valence-corrected chi connectivity index (χ0v) is 16.6. The molecule has 7 heteroatoms. The van der Waals surface area contributed by atoms with Crippen molar-refractivity contribution in [3.8, 4) is 0 Å². The summed E-state index contributed by atoms with van der Waals surface area (Å²) in [5.41, 5.74) is 0.507. The molecule has 0 bridgehead atoms. The molecule has 0 N–H and O–H groups in total. The van der Waals surface area contributed by atoms with Gasteiger partial charge in [0.1, 0.15) is 11.5 Å². The minimum atomic E-state index is -1.17. The lowest BCUT2D eigenvalue weighted by molar-refractivity contribution is -0.149. The van der Waals surface area contributed by atoms with Crippen LogP contribution in [-0.2, 0) is 14.3 Å². The molecule has 1 aromatic heterocycles. The van der Waals surface area contributed by atoms with E-state index in [9.17, 15) is 14.4 Å². The summed E-state index contributed by atoms with van der Waals surface area (Å²) in [6, 6.07) is 15.3. The lowest BCUT2D eigenvalue weighted by Gasteiger charge is -2.23. The smallest absolute Gasteiger partial charge is 0.333 e. The van der Waals surface area contributed by atoms with Crippen molar-refractivity contribution in [2.45, 2.75) is 13.0 Å². The van der Waals surface area contributed by atoms with Crippen LogP contribution in [0.3, 0.4) is 0 Å². The highest BCUT2D eigenvalue weighted by molar-refractivity contribution is 8.18. The lowest BCUT2D eigenvalue weighted by Crippen LogP contribution is -2.38. The third-order valence-corrected chi connectivity index (χ3v) is 5.51. The van der Waals surface area contributed by atoms with Crippen LogP contribution in [0.15, 0.2) is 63.9 Å². The summed E-state index contributed by atoms with van der Waals surface area (Å²) < 4.78 is 10.4. The molecule has 0 saturated carbocycles. The van der Waals surface area contributed by atoms with Gasteiger partial charge in [0.25, 0.3) is 11.1 Å². The van der Waals surface area contributed by atoms with E-state index >= 15 is 0 Å². The molecule has 2 heterocycles. The van der Waals surface area contributed by atoms with Gasteiger partial charge in [-0.1, -0.05) is 36.4 Å². The van der Waals surface area contributed by atoms with Crippen LogP contribution in [0, 0.1) is 6.92 Å². The minimum absolute atomic E-state index is 0.194. The Labute approximate surface area is 171 Å². The highest BCUT2D eigenvalue weighted by atomic mass is 32.2. The number of imide groups is 1. The van der Waals surface area contributed by atoms with Gasteiger partial charge >= 0.3 is 5.97 Å². The molecule has 0 radical (unpaired) electrons. The van der Waals surface area contributed by atoms with E-state index in [1.807, 2.05) is 30.3 Å². The maximum Gasteiger partial charge on any atom is 0.333 e. The fraction of sp³-hybridized carbons (Fsp3) is 0.136. The monoisotopic (exact) mass is 407 g/mol. The maximum absolute atomic E-state index is 13.0. The number of carbonyl (C=O) groups is 3. The van der Waals surface area contributed by atoms with Crippen LogP contribution in [0.2, 0.25) is 0 Å². The normalized spacial score (nSPS) is 16.6. The van der Waals surface area contributed by atoms with E-state index in [1.165, 1.54) is 13.2 Å². The van der Waals surface area contributed by atoms with Gasteiger partial charge in [-0.05, 0) is 53.2 Å². The molecular weight excluding hydrogens is 390 g/mol. The van der Waals surface area contributed by atoms with E-state index in [-0.39, 0.29) is 4.91 Å². The Morgan fingerprint density at radius 2 is 1.86 bits per heavy atom. The minimum Gasteiger partial charge on any atom is -0.467 e. The molecule has 3 aromatic rings. The largest absolute Gasteiger partial charge is 0.467 e. The zero-order valence-electron chi connectivity index (χ0n) is 15.7. The van der Waals surface area contributed by atoms with Crippen molar-refractivity contribution in [2.75, 3.05) is 7.11 Å². The number of fused-ring (bicyclic) bond motifs is 1. The number of aryl methyl sites for hydroxylation is 1. The molecular formula is C22H17NO5S. The predicted molar refractivity (Wildman–Crippen MR) is 110 cm³/mol. The molecule has 1 saturated heterocycles. The number of carbonyl (C=O) groups excluding carboxylic acids is 3. The highest BCUT2D eigenvalue weighted by Crippen LogP contribution is 2.39. The first kappa shape index (κ1) is 19.0. The summed E-state index contributed by atoms with van der Waals surface area (Å²) in [7, 11) is 1.23. The number of esters is 1. The van der Waals surface area contributed by atoms with Crippen LogP contribution >= 0.6 is 11.8 Å². The number of furan rings is 1. The summed E-state index contributed by atoms with van der Waals surface area (Å²) in [5, 5.41) is 1.35. The van der Waals surface area contributed by atoms with Crippen molar-refractivity contribution in [3.05, 3.63) is 76.6 Å². The van der Waals surface area contributed by atoms with Crippen molar-refractivity contribution in [1.29, 1.82) is 0 Å². The van der Waals surface area contributed by atoms with Crippen molar-refractivity contribution in [1.82, 2.24) is 4.90 Å². The first-order valence-electron chi connectivity index (χ1n) is 8.88. The summed E-state index contributed by atoms with van der Waals surface area (Å²) in [5.74, 6) is -0.0808. The molecule has 4 rings (SSSR count). The van der Waals surface area contributed by atoms with Gasteiger partial charge in [0, 0.05) is 6.08 Å². The summed E-state index contributed by atoms with van der Waals surface area (Å²) in [4.78, 5) is 39.4. The standard InChI is InChI=1S/C22H17NO5S/c1-13-7-10-17(28-13)12-18-20(24)23(22(26)29-18)19(21(25)27-2)16-9-8-14-5-3-4-6-15(14)11-16/h3-12,19H,1-2H3/b18-12-. The first-order chi connectivity index (χ1) is 14.0. The quantitative estimate of drug-likeness (QED) is 0.461. The van der Waals surface area contributed by atoms with Gasteiger partial charge in [0.15, 0.2) is 6.04 Å². The molecule has 6 nitrogen and oxygen atoms in total. The van der Waals surface area contributed by atoms with E-state index < -0.39 is 23.2 Å². The molecule has 29 heavy (non-hydrogen) atoms. The van der Waals surface area contributed by atoms with Gasteiger partial charge in [-0.25, -0.2) is 9.69 Å². The number of hydrogen-bond acceptors (Lipinski definition) is 6. The van der Waals surface area contributed by atoms with Crippen LogP contribution in [0.5, 0.6) is 0 Å². The molecule has 1 fully saturated rings. The van der Waals surface area contributed by atoms with Crippen LogP contribution in [0.25, 0.3) is 16.8 Å². The Kier molecular flexibility index (Phi) is 4.98. The molecule has 1 aliphatic rings. The average Bonchev–Trinajstić information content (AvgIpc) is 3.25. The zero-order chi connectivity index (χ0) is 20.5.